The molecule has 0 saturated heterocycles. The van der Waals surface area contributed by atoms with Gasteiger partial charge >= 0.3 is 0 Å². The lowest BCUT2D eigenvalue weighted by atomic mass is 10.1. The van der Waals surface area contributed by atoms with E-state index in [0.29, 0.717) is 12.2 Å². The number of aryl methyl sites for hydroxylation is 1. The number of methoxy groups -OCH3 is 1. The van der Waals surface area contributed by atoms with Gasteiger partial charge in [-0.1, -0.05) is 72.3 Å². The molecule has 4 heteroatoms. The molecule has 0 spiro atoms. The van der Waals surface area contributed by atoms with Crippen molar-refractivity contribution >= 4 is 11.0 Å². The number of fused-ring (bicyclic) bond motifs is 1. The zero-order chi connectivity index (χ0) is 21.1. The molecule has 3 aromatic carbocycles. The Morgan fingerprint density at radius 1 is 0.833 bits per heavy atom. The first-order chi connectivity index (χ1) is 14.6. The maximum absolute atomic E-state index is 9.14. The second-order valence-corrected chi connectivity index (χ2v) is 7.94. The molecule has 0 bridgehead atoms. The lowest BCUT2D eigenvalue weighted by molar-refractivity contribution is 0.154. The van der Waals surface area contributed by atoms with Crippen LogP contribution in [-0.4, -0.2) is 22.9 Å². The van der Waals surface area contributed by atoms with E-state index in [2.05, 4.69) is 83.6 Å². The Balaban J connectivity index is 1.85. The number of nitrogens with zero attached hydrogens (tertiary/aromatic N) is 2. The van der Waals surface area contributed by atoms with Crippen molar-refractivity contribution in [3.05, 3.63) is 101 Å². The van der Waals surface area contributed by atoms with Crippen molar-refractivity contribution in [2.24, 2.45) is 0 Å². The van der Waals surface area contributed by atoms with Gasteiger partial charge < -0.3 is 13.9 Å². The first kappa shape index (κ1) is 20.2. The number of benzene rings is 3. The first-order valence-corrected chi connectivity index (χ1v) is 10.5. The summed E-state index contributed by atoms with van der Waals surface area (Å²) in [5, 5.41) is 9.14. The Bertz CT molecular complexity index is 1170. The van der Waals surface area contributed by atoms with Gasteiger partial charge in [0.2, 0.25) is 5.62 Å². The summed E-state index contributed by atoms with van der Waals surface area (Å²) in [5.74, 6) is 0. The zero-order valence-electron chi connectivity index (χ0n) is 17.9. The van der Waals surface area contributed by atoms with Gasteiger partial charge in [0.15, 0.2) is 0 Å². The lowest BCUT2D eigenvalue weighted by Crippen LogP contribution is -2.32. The van der Waals surface area contributed by atoms with Crippen LogP contribution in [0.3, 0.4) is 0 Å². The quantitative estimate of drug-likeness (QED) is 0.452. The molecule has 0 radical (unpaired) electrons. The third-order valence-corrected chi connectivity index (χ3v) is 5.84. The van der Waals surface area contributed by atoms with Gasteiger partial charge in [0.25, 0.3) is 0 Å². The van der Waals surface area contributed by atoms with Crippen LogP contribution in [0.1, 0.15) is 35.7 Å². The molecule has 1 aromatic heterocycles. The highest BCUT2D eigenvalue weighted by molar-refractivity contribution is 5.76. The first-order valence-electron chi connectivity index (χ1n) is 10.5. The molecule has 4 nitrogen and oxygen atoms in total. The molecular weight excluding hydrogens is 370 g/mol. The van der Waals surface area contributed by atoms with E-state index in [1.165, 1.54) is 16.7 Å². The fourth-order valence-electron chi connectivity index (χ4n) is 4.27. The molecule has 1 heterocycles. The summed E-state index contributed by atoms with van der Waals surface area (Å²) < 4.78 is 9.86. The predicted octanol–water partition coefficient (Wildman–Crippen LogP) is 5.27. The molecule has 154 valence electrons. The van der Waals surface area contributed by atoms with Crippen molar-refractivity contribution in [1.29, 1.82) is 5.41 Å². The van der Waals surface area contributed by atoms with Gasteiger partial charge in [-0.2, -0.15) is 0 Å². The zero-order valence-corrected chi connectivity index (χ0v) is 17.9. The van der Waals surface area contributed by atoms with Crippen molar-refractivity contribution in [3.63, 3.8) is 0 Å². The molecule has 0 aliphatic heterocycles. The number of para-hydroxylation sites is 2. The number of hydrogen-bond acceptors (Lipinski definition) is 2. The Morgan fingerprint density at radius 2 is 1.43 bits per heavy atom. The number of imidazole rings is 1. The molecule has 1 unspecified atom stereocenters. The van der Waals surface area contributed by atoms with Crippen LogP contribution in [0.15, 0.2) is 78.9 Å². The van der Waals surface area contributed by atoms with Gasteiger partial charge in [0.1, 0.15) is 0 Å². The third-order valence-electron chi connectivity index (χ3n) is 5.84. The van der Waals surface area contributed by atoms with Gasteiger partial charge in [0, 0.05) is 7.11 Å². The highest BCUT2D eigenvalue weighted by Gasteiger charge is 2.22. The standard InChI is InChI=1S/C26H29N3O/c1-19-13-15-22(16-14-19)20(2)28-24-11-7-8-12-25(24)29(26(28)27)23(18-30-3)17-21-9-5-4-6-10-21/h4-16,20,23,27H,17-18H2,1-3H3/t20?,23-/m1/s1. The van der Waals surface area contributed by atoms with Crippen LogP contribution in [-0.2, 0) is 11.2 Å². The Kier molecular flexibility index (Phi) is 5.86. The molecule has 1 N–H and O–H groups in total. The van der Waals surface area contributed by atoms with Crippen LogP contribution in [0.4, 0.5) is 0 Å². The van der Waals surface area contributed by atoms with E-state index >= 15 is 0 Å². The second-order valence-electron chi connectivity index (χ2n) is 7.94. The number of ether oxygens (including phenoxy) is 1. The summed E-state index contributed by atoms with van der Waals surface area (Å²) in [6.07, 6.45) is 0.818. The lowest BCUT2D eigenvalue weighted by Gasteiger charge is -2.20. The van der Waals surface area contributed by atoms with Gasteiger partial charge in [-0.3, -0.25) is 5.41 Å². The fourth-order valence-corrected chi connectivity index (χ4v) is 4.27. The minimum absolute atomic E-state index is 0.0428. The van der Waals surface area contributed by atoms with E-state index in [9.17, 15) is 0 Å². The molecule has 2 atom stereocenters. The van der Waals surface area contributed by atoms with Gasteiger partial charge in [0.05, 0.1) is 29.7 Å². The van der Waals surface area contributed by atoms with E-state index < -0.39 is 0 Å². The largest absolute Gasteiger partial charge is 0.383 e. The van der Waals surface area contributed by atoms with Crippen molar-refractivity contribution in [1.82, 2.24) is 9.13 Å². The van der Waals surface area contributed by atoms with Gasteiger partial charge in [-0.15, -0.1) is 0 Å². The van der Waals surface area contributed by atoms with E-state index in [-0.39, 0.29) is 12.1 Å². The van der Waals surface area contributed by atoms with Crippen LogP contribution in [0.5, 0.6) is 0 Å². The van der Waals surface area contributed by atoms with Gasteiger partial charge in [-0.25, -0.2) is 0 Å². The summed E-state index contributed by atoms with van der Waals surface area (Å²) >= 11 is 0. The normalized spacial score (nSPS) is 13.4. The average Bonchev–Trinajstić information content (AvgIpc) is 3.06. The molecule has 0 aliphatic carbocycles. The predicted molar refractivity (Wildman–Crippen MR) is 122 cm³/mol. The SMILES string of the molecule is COC[C@@H](Cc1ccccc1)n1c(=N)n(C(C)c2ccc(C)cc2)c2ccccc21. The highest BCUT2D eigenvalue weighted by Crippen LogP contribution is 2.26. The van der Waals surface area contributed by atoms with Crippen LogP contribution in [0.2, 0.25) is 0 Å². The molecule has 4 aromatic rings. The number of hydrogen-bond donors (Lipinski definition) is 1. The summed E-state index contributed by atoms with van der Waals surface area (Å²) in [6.45, 7) is 4.82. The van der Waals surface area contributed by atoms with Crippen molar-refractivity contribution < 1.29 is 4.74 Å². The fraction of sp³-hybridized carbons (Fsp3) is 0.269. The molecule has 0 aliphatic rings. The molecular formula is C26H29N3O. The second kappa shape index (κ2) is 8.72. The molecule has 4 rings (SSSR count). The van der Waals surface area contributed by atoms with E-state index in [0.717, 1.165) is 17.5 Å². The Labute approximate surface area is 177 Å². The summed E-state index contributed by atoms with van der Waals surface area (Å²) in [7, 11) is 1.73. The Morgan fingerprint density at radius 3 is 2.07 bits per heavy atom. The average molecular weight is 400 g/mol. The molecule has 0 fully saturated rings. The summed E-state index contributed by atoms with van der Waals surface area (Å²) in [4.78, 5) is 0. The monoisotopic (exact) mass is 399 g/mol. The molecule has 0 amide bonds. The van der Waals surface area contributed by atoms with Gasteiger partial charge in [-0.05, 0) is 43.5 Å². The number of rotatable bonds is 7. The van der Waals surface area contributed by atoms with E-state index in [4.69, 9.17) is 10.1 Å². The van der Waals surface area contributed by atoms with Crippen LogP contribution in [0, 0.1) is 12.3 Å². The van der Waals surface area contributed by atoms with Crippen LogP contribution in [0.25, 0.3) is 11.0 Å². The Hall–Kier alpha value is -3.11. The maximum atomic E-state index is 9.14. The minimum atomic E-state index is 0.0428. The third kappa shape index (κ3) is 3.83. The van der Waals surface area contributed by atoms with Crippen LogP contribution >= 0.6 is 0 Å². The topological polar surface area (TPSA) is 42.9 Å². The van der Waals surface area contributed by atoms with Crippen molar-refractivity contribution in [2.45, 2.75) is 32.4 Å². The number of nitrogens with one attached hydrogen (secondary N) is 1. The summed E-state index contributed by atoms with van der Waals surface area (Å²) in [5.41, 5.74) is 6.34. The smallest absolute Gasteiger partial charge is 0.203 e. The maximum Gasteiger partial charge on any atom is 0.203 e. The minimum Gasteiger partial charge on any atom is -0.383 e. The molecule has 0 saturated carbocycles. The van der Waals surface area contributed by atoms with Crippen LogP contribution < -0.4 is 5.62 Å². The molecule has 30 heavy (non-hydrogen) atoms. The highest BCUT2D eigenvalue weighted by atomic mass is 16.5. The van der Waals surface area contributed by atoms with Crippen molar-refractivity contribution in [3.8, 4) is 0 Å². The summed E-state index contributed by atoms with van der Waals surface area (Å²) in [6, 6.07) is 27.5. The number of aromatic nitrogens is 2. The van der Waals surface area contributed by atoms with Crippen molar-refractivity contribution in [2.75, 3.05) is 13.7 Å². The van der Waals surface area contributed by atoms with E-state index in [1.807, 2.05) is 18.2 Å². The van der Waals surface area contributed by atoms with E-state index in [1.54, 1.807) is 7.11 Å².